The molecular formula is C21H29N3O3. The lowest BCUT2D eigenvalue weighted by molar-refractivity contribution is -0.162. The number of ether oxygens (including phenoxy) is 1. The number of benzene rings is 1. The quantitative estimate of drug-likeness (QED) is 0.812. The number of rotatable bonds is 5. The molecule has 2 rings (SSSR count). The molecule has 1 atom stereocenters. The van der Waals surface area contributed by atoms with E-state index in [0.717, 1.165) is 0 Å². The second-order valence-electron chi connectivity index (χ2n) is 8.15. The topological polar surface area (TPSA) is 73.2 Å². The Morgan fingerprint density at radius 3 is 2.19 bits per heavy atom. The lowest BCUT2D eigenvalue weighted by Gasteiger charge is -2.32. The zero-order valence-electron chi connectivity index (χ0n) is 17.2. The van der Waals surface area contributed by atoms with Crippen molar-refractivity contribution in [1.82, 2.24) is 15.1 Å². The lowest BCUT2D eigenvalue weighted by Crippen LogP contribution is -2.52. The molecular weight excluding hydrogens is 342 g/mol. The van der Waals surface area contributed by atoms with Crippen molar-refractivity contribution in [2.24, 2.45) is 0 Å². The highest BCUT2D eigenvalue weighted by Gasteiger charge is 2.41. The summed E-state index contributed by atoms with van der Waals surface area (Å²) in [6.45, 7) is 12.8. The van der Waals surface area contributed by atoms with Crippen LogP contribution in [0.15, 0.2) is 36.5 Å². The van der Waals surface area contributed by atoms with E-state index in [2.05, 4.69) is 10.4 Å². The van der Waals surface area contributed by atoms with Crippen LogP contribution in [0, 0.1) is 6.92 Å². The summed E-state index contributed by atoms with van der Waals surface area (Å²) >= 11 is 0. The van der Waals surface area contributed by atoms with Gasteiger partial charge in [-0.3, -0.25) is 9.48 Å². The van der Waals surface area contributed by atoms with E-state index in [0.29, 0.717) is 16.8 Å². The number of carbonyl (C=O) groups excluding carboxylic acids is 2. The summed E-state index contributed by atoms with van der Waals surface area (Å²) in [5, 5.41) is 7.25. The van der Waals surface area contributed by atoms with Gasteiger partial charge in [-0.25, -0.2) is 4.79 Å². The molecule has 0 aliphatic carbocycles. The average Bonchev–Trinajstić information content (AvgIpc) is 2.96. The molecule has 27 heavy (non-hydrogen) atoms. The van der Waals surface area contributed by atoms with Gasteiger partial charge in [0.2, 0.25) is 0 Å². The zero-order valence-corrected chi connectivity index (χ0v) is 17.2. The van der Waals surface area contributed by atoms with Crippen LogP contribution >= 0.6 is 0 Å². The summed E-state index contributed by atoms with van der Waals surface area (Å²) in [6.07, 6.45) is 1.70. The first-order valence-corrected chi connectivity index (χ1v) is 9.11. The van der Waals surface area contributed by atoms with E-state index in [4.69, 9.17) is 4.74 Å². The first-order valence-electron chi connectivity index (χ1n) is 9.11. The normalized spacial score (nSPS) is 13.9. The Balaban J connectivity index is 2.40. The third kappa shape index (κ3) is 4.76. The van der Waals surface area contributed by atoms with Gasteiger partial charge in [0, 0.05) is 12.2 Å². The van der Waals surface area contributed by atoms with Crippen molar-refractivity contribution in [2.75, 3.05) is 0 Å². The third-order valence-electron chi connectivity index (χ3n) is 4.21. The minimum atomic E-state index is -1.32. The van der Waals surface area contributed by atoms with Crippen molar-refractivity contribution in [3.8, 4) is 0 Å². The van der Waals surface area contributed by atoms with Crippen LogP contribution in [0.1, 0.15) is 69.2 Å². The molecule has 0 spiro atoms. The van der Waals surface area contributed by atoms with Crippen LogP contribution in [0.3, 0.4) is 0 Å². The Labute approximate surface area is 160 Å². The highest BCUT2D eigenvalue weighted by atomic mass is 16.6. The highest BCUT2D eigenvalue weighted by molar-refractivity contribution is 5.99. The van der Waals surface area contributed by atoms with Crippen LogP contribution in [0.25, 0.3) is 0 Å². The van der Waals surface area contributed by atoms with Crippen molar-refractivity contribution in [3.63, 3.8) is 0 Å². The number of amides is 1. The highest BCUT2D eigenvalue weighted by Crippen LogP contribution is 2.26. The summed E-state index contributed by atoms with van der Waals surface area (Å²) < 4.78 is 7.33. The first-order chi connectivity index (χ1) is 12.4. The maximum absolute atomic E-state index is 13.0. The molecule has 146 valence electrons. The standard InChI is InChI=1S/C21H29N3O3/c1-14(2)24-13-17(15(3)23-24)18(25)22-21(7,16-11-9-8-10-12-16)19(26)27-20(4,5)6/h8-14H,1-7H3,(H,22,25). The fraction of sp³-hybridized carbons (Fsp3) is 0.476. The molecule has 0 saturated heterocycles. The minimum absolute atomic E-state index is 0.136. The van der Waals surface area contributed by atoms with Gasteiger partial charge in [-0.2, -0.15) is 5.10 Å². The number of aromatic nitrogens is 2. The maximum Gasteiger partial charge on any atom is 0.336 e. The van der Waals surface area contributed by atoms with Crippen molar-refractivity contribution in [3.05, 3.63) is 53.3 Å². The molecule has 1 heterocycles. The second kappa shape index (κ2) is 7.55. The van der Waals surface area contributed by atoms with Gasteiger partial charge in [-0.05, 0) is 54.0 Å². The molecule has 0 aliphatic rings. The maximum atomic E-state index is 13.0. The Morgan fingerprint density at radius 1 is 1.11 bits per heavy atom. The molecule has 6 nitrogen and oxygen atoms in total. The van der Waals surface area contributed by atoms with Crippen LogP contribution in [-0.4, -0.2) is 27.3 Å². The van der Waals surface area contributed by atoms with Gasteiger partial charge in [0.05, 0.1) is 11.3 Å². The van der Waals surface area contributed by atoms with E-state index in [1.165, 1.54) is 0 Å². The summed E-state index contributed by atoms with van der Waals surface area (Å²) in [6, 6.07) is 9.25. The van der Waals surface area contributed by atoms with Crippen LogP contribution in [-0.2, 0) is 15.1 Å². The first kappa shape index (κ1) is 20.7. The molecule has 1 aromatic carbocycles. The van der Waals surface area contributed by atoms with Gasteiger partial charge >= 0.3 is 5.97 Å². The van der Waals surface area contributed by atoms with Crippen molar-refractivity contribution >= 4 is 11.9 Å². The third-order valence-corrected chi connectivity index (χ3v) is 4.21. The Hall–Kier alpha value is -2.63. The average molecular weight is 371 g/mol. The molecule has 1 aromatic heterocycles. The Bertz CT molecular complexity index is 819. The number of carbonyl (C=O) groups is 2. The molecule has 1 unspecified atom stereocenters. The predicted molar refractivity (Wildman–Crippen MR) is 104 cm³/mol. The number of hydrogen-bond acceptors (Lipinski definition) is 4. The van der Waals surface area contributed by atoms with Crippen molar-refractivity contribution < 1.29 is 14.3 Å². The van der Waals surface area contributed by atoms with Crippen molar-refractivity contribution in [1.29, 1.82) is 0 Å². The lowest BCUT2D eigenvalue weighted by atomic mass is 9.91. The van der Waals surface area contributed by atoms with Gasteiger partial charge in [-0.15, -0.1) is 0 Å². The largest absolute Gasteiger partial charge is 0.458 e. The number of hydrogen-bond donors (Lipinski definition) is 1. The van der Waals surface area contributed by atoms with E-state index >= 15 is 0 Å². The molecule has 1 N–H and O–H groups in total. The monoisotopic (exact) mass is 371 g/mol. The Morgan fingerprint density at radius 2 is 1.70 bits per heavy atom. The Kier molecular flexibility index (Phi) is 5.78. The molecule has 0 fully saturated rings. The molecule has 2 aromatic rings. The van der Waals surface area contributed by atoms with E-state index in [9.17, 15) is 9.59 Å². The van der Waals surface area contributed by atoms with Gasteiger partial charge < -0.3 is 10.1 Å². The molecule has 0 radical (unpaired) electrons. The number of esters is 1. The summed E-state index contributed by atoms with van der Waals surface area (Å²) in [4.78, 5) is 26.0. The van der Waals surface area contributed by atoms with Gasteiger partial charge in [0.25, 0.3) is 5.91 Å². The van der Waals surface area contributed by atoms with Gasteiger partial charge in [0.1, 0.15) is 5.60 Å². The summed E-state index contributed by atoms with van der Waals surface area (Å²) in [5.74, 6) is -0.875. The van der Waals surface area contributed by atoms with Gasteiger partial charge in [-0.1, -0.05) is 30.3 Å². The molecule has 0 bridgehead atoms. The second-order valence-corrected chi connectivity index (χ2v) is 8.15. The van der Waals surface area contributed by atoms with Crippen molar-refractivity contribution in [2.45, 2.75) is 65.6 Å². The van der Waals surface area contributed by atoms with E-state index in [-0.39, 0.29) is 11.9 Å². The summed E-state index contributed by atoms with van der Waals surface area (Å²) in [5.41, 5.74) is -0.286. The van der Waals surface area contributed by atoms with Gasteiger partial charge in [0.15, 0.2) is 5.54 Å². The van der Waals surface area contributed by atoms with Crippen LogP contribution in [0.2, 0.25) is 0 Å². The smallest absolute Gasteiger partial charge is 0.336 e. The number of nitrogens with one attached hydrogen (secondary N) is 1. The SMILES string of the molecule is Cc1nn(C(C)C)cc1C(=O)NC(C)(C(=O)OC(C)(C)C)c1ccccc1. The fourth-order valence-electron chi connectivity index (χ4n) is 2.66. The number of nitrogens with zero attached hydrogens (tertiary/aromatic N) is 2. The summed E-state index contributed by atoms with van der Waals surface area (Å²) in [7, 11) is 0. The van der Waals surface area contributed by atoms with E-state index in [1.807, 2.05) is 32.0 Å². The van der Waals surface area contributed by atoms with Crippen LogP contribution in [0.4, 0.5) is 0 Å². The van der Waals surface area contributed by atoms with Crippen LogP contribution in [0.5, 0.6) is 0 Å². The molecule has 1 amide bonds. The zero-order chi connectivity index (χ0) is 20.4. The van der Waals surface area contributed by atoms with E-state index < -0.39 is 17.1 Å². The van der Waals surface area contributed by atoms with Crippen LogP contribution < -0.4 is 5.32 Å². The molecule has 0 saturated carbocycles. The minimum Gasteiger partial charge on any atom is -0.458 e. The fourth-order valence-corrected chi connectivity index (χ4v) is 2.66. The number of aryl methyl sites for hydroxylation is 1. The predicted octanol–water partition coefficient (Wildman–Crippen LogP) is 3.76. The molecule has 6 heteroatoms. The molecule has 0 aliphatic heterocycles. The van der Waals surface area contributed by atoms with E-state index in [1.54, 1.807) is 57.6 Å².